The van der Waals surface area contributed by atoms with Crippen molar-refractivity contribution in [3.63, 3.8) is 0 Å². The van der Waals surface area contributed by atoms with Crippen molar-refractivity contribution in [1.29, 1.82) is 0 Å². The molecule has 3 heterocycles. The monoisotopic (exact) mass is 428 g/mol. The first-order valence-corrected chi connectivity index (χ1v) is 10.8. The number of hydrogen-bond acceptors (Lipinski definition) is 6. The fourth-order valence-electron chi connectivity index (χ4n) is 3.45. The summed E-state index contributed by atoms with van der Waals surface area (Å²) in [6.07, 6.45) is 1.01. The number of thiophene rings is 1. The average molecular weight is 429 g/mol. The lowest BCUT2D eigenvalue weighted by Crippen LogP contribution is -2.13. The van der Waals surface area contributed by atoms with E-state index in [0.29, 0.717) is 17.5 Å². The number of fused-ring (bicyclic) bond motifs is 3. The van der Waals surface area contributed by atoms with Gasteiger partial charge in [0.05, 0.1) is 18.7 Å². The summed E-state index contributed by atoms with van der Waals surface area (Å²) < 4.78 is 7.19. The quantitative estimate of drug-likeness (QED) is 0.552. The van der Waals surface area contributed by atoms with Crippen molar-refractivity contribution in [2.45, 2.75) is 39.7 Å². The number of hydrogen-bond donors (Lipinski definition) is 0. The summed E-state index contributed by atoms with van der Waals surface area (Å²) in [5.74, 6) is 1.09. The van der Waals surface area contributed by atoms with E-state index >= 15 is 0 Å². The summed E-state index contributed by atoms with van der Waals surface area (Å²) in [5.41, 5.74) is 2.58. The number of rotatable bonds is 5. The molecule has 1 unspecified atom stereocenters. The van der Waals surface area contributed by atoms with E-state index < -0.39 is 6.04 Å². The van der Waals surface area contributed by atoms with E-state index in [0.717, 1.165) is 34.1 Å². The highest BCUT2D eigenvalue weighted by molar-refractivity contribution is 7.15. The smallest absolute Gasteiger partial charge is 0.308 e. The van der Waals surface area contributed by atoms with Crippen molar-refractivity contribution in [1.82, 2.24) is 14.8 Å². The van der Waals surface area contributed by atoms with E-state index in [1.54, 1.807) is 18.3 Å². The molecule has 29 heavy (non-hydrogen) atoms. The number of aromatic nitrogens is 3. The molecule has 0 aliphatic carbocycles. The maximum absolute atomic E-state index is 12.3. The van der Waals surface area contributed by atoms with Crippen LogP contribution < -0.4 is 0 Å². The molecule has 8 heteroatoms. The molecule has 2 aromatic heterocycles. The van der Waals surface area contributed by atoms with Crippen LogP contribution in [0, 0.1) is 6.92 Å². The van der Waals surface area contributed by atoms with Crippen LogP contribution in [0.2, 0.25) is 5.02 Å². The minimum Gasteiger partial charge on any atom is -0.466 e. The molecule has 1 aliphatic heterocycles. The van der Waals surface area contributed by atoms with Gasteiger partial charge in [-0.2, -0.15) is 0 Å². The Morgan fingerprint density at radius 1 is 1.24 bits per heavy atom. The molecule has 0 saturated carbocycles. The highest BCUT2D eigenvalue weighted by atomic mass is 35.5. The molecule has 0 amide bonds. The first-order valence-electron chi connectivity index (χ1n) is 9.57. The molecule has 1 aromatic carbocycles. The van der Waals surface area contributed by atoms with Gasteiger partial charge in [-0.05, 0) is 32.4 Å². The van der Waals surface area contributed by atoms with Gasteiger partial charge in [0.1, 0.15) is 16.9 Å². The number of aliphatic imine (C=N–C) groups is 1. The van der Waals surface area contributed by atoms with Crippen LogP contribution in [0.1, 0.15) is 54.0 Å². The second kappa shape index (κ2) is 8.08. The van der Waals surface area contributed by atoms with E-state index in [1.807, 2.05) is 35.8 Å². The number of halogens is 1. The Morgan fingerprint density at radius 3 is 2.76 bits per heavy atom. The van der Waals surface area contributed by atoms with Gasteiger partial charge in [-0.1, -0.05) is 36.7 Å². The summed E-state index contributed by atoms with van der Waals surface area (Å²) in [5, 5.41) is 10.3. The van der Waals surface area contributed by atoms with E-state index in [1.165, 1.54) is 4.88 Å². The normalized spacial score (nSPS) is 15.3. The van der Waals surface area contributed by atoms with Gasteiger partial charge < -0.3 is 4.74 Å². The van der Waals surface area contributed by atoms with Crippen LogP contribution in [0.4, 0.5) is 0 Å². The molecule has 0 N–H and O–H groups in total. The van der Waals surface area contributed by atoms with Gasteiger partial charge in [0, 0.05) is 21.0 Å². The Kier molecular flexibility index (Phi) is 5.52. The van der Waals surface area contributed by atoms with Crippen LogP contribution in [-0.2, 0) is 16.0 Å². The van der Waals surface area contributed by atoms with Crippen LogP contribution in [0.5, 0.6) is 0 Å². The largest absolute Gasteiger partial charge is 0.466 e. The molecule has 0 radical (unpaired) electrons. The number of carbonyl (C=O) groups is 1. The van der Waals surface area contributed by atoms with Crippen LogP contribution >= 0.6 is 22.9 Å². The summed E-state index contributed by atoms with van der Waals surface area (Å²) in [4.78, 5) is 18.5. The first-order chi connectivity index (χ1) is 14.0. The molecule has 0 saturated heterocycles. The second-order valence-electron chi connectivity index (χ2n) is 6.71. The van der Waals surface area contributed by atoms with Crippen molar-refractivity contribution >= 4 is 34.6 Å². The Hall–Kier alpha value is -2.51. The van der Waals surface area contributed by atoms with Gasteiger partial charge >= 0.3 is 5.97 Å². The maximum atomic E-state index is 12.3. The summed E-state index contributed by atoms with van der Waals surface area (Å²) in [6, 6.07) is 9.28. The number of nitrogens with zero attached hydrogens (tertiary/aromatic N) is 4. The standard InChI is InChI=1S/C21H21ClN4O2S/c1-4-13-10-15-19(14-8-6-7-9-16(14)22)23-17(11-18(27)28-5-2)20-25-24-12(3)26(20)21(15)29-13/h6-10,17H,4-5,11H2,1-3H3. The second-order valence-corrected chi connectivity index (χ2v) is 8.23. The van der Waals surface area contributed by atoms with Crippen molar-refractivity contribution in [3.05, 3.63) is 63.0 Å². The van der Waals surface area contributed by atoms with Crippen molar-refractivity contribution in [2.24, 2.45) is 4.99 Å². The molecule has 150 valence electrons. The van der Waals surface area contributed by atoms with Gasteiger partial charge in [-0.3, -0.25) is 14.4 Å². The highest BCUT2D eigenvalue weighted by Crippen LogP contribution is 2.38. The maximum Gasteiger partial charge on any atom is 0.308 e. The Labute approximate surface area is 178 Å². The molecular formula is C21H21ClN4O2S. The number of carbonyl (C=O) groups excluding carboxylic acids is 1. The number of benzene rings is 1. The minimum absolute atomic E-state index is 0.0928. The predicted molar refractivity (Wildman–Crippen MR) is 114 cm³/mol. The van der Waals surface area contributed by atoms with Crippen LogP contribution in [-0.4, -0.2) is 33.1 Å². The third kappa shape index (κ3) is 3.60. The summed E-state index contributed by atoms with van der Waals surface area (Å²) in [7, 11) is 0. The SMILES string of the molecule is CCOC(=O)CC1N=C(c2ccccc2Cl)c2cc(CC)sc2-n2c(C)nnc21. The molecule has 0 fully saturated rings. The minimum atomic E-state index is -0.508. The lowest BCUT2D eigenvalue weighted by atomic mass is 10.0. The van der Waals surface area contributed by atoms with Crippen molar-refractivity contribution in [2.75, 3.05) is 6.61 Å². The van der Waals surface area contributed by atoms with Crippen molar-refractivity contribution in [3.8, 4) is 5.00 Å². The Balaban J connectivity index is 1.95. The van der Waals surface area contributed by atoms with Gasteiger partial charge in [0.25, 0.3) is 0 Å². The van der Waals surface area contributed by atoms with Crippen LogP contribution in [0.25, 0.3) is 5.00 Å². The van der Waals surface area contributed by atoms with Crippen molar-refractivity contribution < 1.29 is 9.53 Å². The fourth-order valence-corrected chi connectivity index (χ4v) is 4.83. The lowest BCUT2D eigenvalue weighted by Gasteiger charge is -2.12. The van der Waals surface area contributed by atoms with E-state index in [4.69, 9.17) is 21.3 Å². The molecular weight excluding hydrogens is 408 g/mol. The molecule has 3 aromatic rings. The molecule has 4 rings (SSSR count). The molecule has 1 aliphatic rings. The number of aryl methyl sites for hydroxylation is 2. The summed E-state index contributed by atoms with van der Waals surface area (Å²) >= 11 is 8.22. The summed E-state index contributed by atoms with van der Waals surface area (Å²) in [6.45, 7) is 6.15. The number of ether oxygens (including phenoxy) is 1. The zero-order chi connectivity index (χ0) is 20.5. The van der Waals surface area contributed by atoms with Gasteiger partial charge in [-0.15, -0.1) is 21.5 Å². The zero-order valence-electron chi connectivity index (χ0n) is 16.5. The fraction of sp³-hybridized carbons (Fsp3) is 0.333. The molecule has 0 spiro atoms. The van der Waals surface area contributed by atoms with E-state index in [-0.39, 0.29) is 12.4 Å². The van der Waals surface area contributed by atoms with E-state index in [2.05, 4.69) is 23.2 Å². The highest BCUT2D eigenvalue weighted by Gasteiger charge is 2.31. The van der Waals surface area contributed by atoms with Crippen LogP contribution in [0.15, 0.2) is 35.3 Å². The van der Waals surface area contributed by atoms with Crippen LogP contribution in [0.3, 0.4) is 0 Å². The van der Waals surface area contributed by atoms with Gasteiger partial charge in [0.2, 0.25) is 0 Å². The van der Waals surface area contributed by atoms with Gasteiger partial charge in [0.15, 0.2) is 5.82 Å². The van der Waals surface area contributed by atoms with Gasteiger partial charge in [-0.25, -0.2) is 0 Å². The third-order valence-corrected chi connectivity index (χ3v) is 6.39. The zero-order valence-corrected chi connectivity index (χ0v) is 18.0. The van der Waals surface area contributed by atoms with E-state index in [9.17, 15) is 4.79 Å². The lowest BCUT2D eigenvalue weighted by molar-refractivity contribution is -0.143. The predicted octanol–water partition coefficient (Wildman–Crippen LogP) is 4.70. The third-order valence-electron chi connectivity index (χ3n) is 4.80. The molecule has 0 bridgehead atoms. The number of esters is 1. The first kappa shape index (κ1) is 19.8. The Morgan fingerprint density at radius 2 is 2.03 bits per heavy atom. The Bertz CT molecular complexity index is 1100. The topological polar surface area (TPSA) is 69.4 Å². The molecule has 6 nitrogen and oxygen atoms in total. The average Bonchev–Trinajstić information content (AvgIpc) is 3.26. The molecule has 1 atom stereocenters.